The molecule has 1 N–H and O–H groups in total. The number of carbonyl (C=O) groups excluding carboxylic acids is 4. The summed E-state index contributed by atoms with van der Waals surface area (Å²) in [5.41, 5.74) is 2.12. The fraction of sp³-hybridized carbons (Fsp3) is 0.279. The van der Waals surface area contributed by atoms with Crippen molar-refractivity contribution in [1.82, 2.24) is 14.7 Å². The molecular weight excluding hydrogens is 752 g/mol. The zero-order valence-corrected chi connectivity index (χ0v) is 32.5. The zero-order valence-electron chi connectivity index (χ0n) is 30.2. The Balaban J connectivity index is 1.11. The molecular formula is C43H35ClN4O5S2. The number of likely N-dealkylation sites (tertiary alicyclic amines) is 1. The number of thiophene rings is 2. The van der Waals surface area contributed by atoms with E-state index in [1.54, 1.807) is 29.1 Å². The lowest BCUT2D eigenvalue weighted by atomic mass is 9.51. The van der Waals surface area contributed by atoms with Crippen LogP contribution in [-0.2, 0) is 32.8 Å². The first-order chi connectivity index (χ1) is 26.5. The molecule has 0 radical (unpaired) electrons. The number of imide groups is 2. The lowest BCUT2D eigenvalue weighted by Crippen LogP contribution is -2.49. The number of hydrogen-bond donors (Lipinski definition) is 1. The van der Waals surface area contributed by atoms with Crippen LogP contribution in [0.25, 0.3) is 31.4 Å². The number of amides is 4. The fourth-order valence-corrected chi connectivity index (χ4v) is 12.1. The number of phenols is 1. The van der Waals surface area contributed by atoms with Crippen molar-refractivity contribution in [2.45, 2.75) is 39.2 Å². The van der Waals surface area contributed by atoms with Crippen LogP contribution in [-0.4, -0.2) is 43.4 Å². The van der Waals surface area contributed by atoms with E-state index in [1.807, 2.05) is 86.0 Å². The summed E-state index contributed by atoms with van der Waals surface area (Å²) in [6.07, 6.45) is 2.69. The van der Waals surface area contributed by atoms with E-state index in [2.05, 4.69) is 6.08 Å². The molecule has 3 fully saturated rings. The van der Waals surface area contributed by atoms with E-state index in [0.717, 1.165) is 41.9 Å². The molecule has 4 aliphatic rings. The van der Waals surface area contributed by atoms with E-state index in [-0.39, 0.29) is 42.3 Å². The second kappa shape index (κ2) is 12.2. The molecule has 5 heterocycles. The maximum atomic E-state index is 15.3. The van der Waals surface area contributed by atoms with Crippen LogP contribution in [0.5, 0.6) is 5.75 Å². The Morgan fingerprint density at radius 1 is 0.927 bits per heavy atom. The van der Waals surface area contributed by atoms with Gasteiger partial charge in [0, 0.05) is 39.0 Å². The van der Waals surface area contributed by atoms with Crippen molar-refractivity contribution >= 4 is 84.6 Å². The molecule has 3 aromatic heterocycles. The summed E-state index contributed by atoms with van der Waals surface area (Å²) in [5.74, 6) is -3.63. The first-order valence-corrected chi connectivity index (χ1v) is 20.4. The number of aryl methyl sites for hydroxylation is 2. The minimum Gasteiger partial charge on any atom is -0.507 e. The lowest BCUT2D eigenvalue weighted by Gasteiger charge is -2.49. The van der Waals surface area contributed by atoms with Crippen molar-refractivity contribution in [3.8, 4) is 16.3 Å². The van der Waals surface area contributed by atoms with Crippen molar-refractivity contribution in [3.05, 3.63) is 111 Å². The topological polar surface area (TPSA) is 113 Å². The molecule has 0 spiro atoms. The predicted octanol–water partition coefficient (Wildman–Crippen LogP) is 8.61. The number of nitrogens with zero attached hydrogens (tertiary/aromatic N) is 4. The number of aromatic nitrogens is 2. The van der Waals surface area contributed by atoms with Crippen LogP contribution in [0.4, 0.5) is 5.82 Å². The first kappa shape index (κ1) is 34.4. The number of fused-ring (bicyclic) bond motifs is 6. The molecule has 0 bridgehead atoms. The van der Waals surface area contributed by atoms with Crippen LogP contribution in [0.2, 0.25) is 5.02 Å². The summed E-state index contributed by atoms with van der Waals surface area (Å²) >= 11 is 9.42. The molecule has 55 heavy (non-hydrogen) atoms. The monoisotopic (exact) mass is 786 g/mol. The molecule has 12 heteroatoms. The highest BCUT2D eigenvalue weighted by molar-refractivity contribution is 7.22. The van der Waals surface area contributed by atoms with Crippen LogP contribution in [0, 0.1) is 36.0 Å². The summed E-state index contributed by atoms with van der Waals surface area (Å²) < 4.78 is 2.65. The van der Waals surface area contributed by atoms with Gasteiger partial charge in [0.25, 0.3) is 0 Å². The average Bonchev–Trinajstić information content (AvgIpc) is 3.98. The van der Waals surface area contributed by atoms with Gasteiger partial charge in [0.05, 0.1) is 34.6 Å². The van der Waals surface area contributed by atoms with Gasteiger partial charge in [0.1, 0.15) is 17.3 Å². The number of halogens is 1. The largest absolute Gasteiger partial charge is 0.507 e. The number of benzene rings is 3. The first-order valence-electron chi connectivity index (χ1n) is 18.4. The van der Waals surface area contributed by atoms with E-state index >= 15 is 9.59 Å². The van der Waals surface area contributed by atoms with E-state index in [9.17, 15) is 14.7 Å². The number of carbonyl (C=O) groups is 4. The van der Waals surface area contributed by atoms with Gasteiger partial charge in [0.2, 0.25) is 23.6 Å². The summed E-state index contributed by atoms with van der Waals surface area (Å²) in [6, 6.07) is 22.4. The molecule has 276 valence electrons. The van der Waals surface area contributed by atoms with Crippen LogP contribution >= 0.6 is 34.3 Å². The summed E-state index contributed by atoms with van der Waals surface area (Å²) in [5, 5.41) is 20.8. The molecule has 6 atom stereocenters. The van der Waals surface area contributed by atoms with Gasteiger partial charge in [-0.05, 0) is 90.2 Å². The van der Waals surface area contributed by atoms with E-state index in [0.29, 0.717) is 28.3 Å². The molecule has 3 aromatic carbocycles. The van der Waals surface area contributed by atoms with Crippen LogP contribution in [0.1, 0.15) is 41.7 Å². The van der Waals surface area contributed by atoms with Gasteiger partial charge in [0.15, 0.2) is 0 Å². The second-order valence-corrected chi connectivity index (χ2v) is 18.0. The van der Waals surface area contributed by atoms with Crippen molar-refractivity contribution < 1.29 is 24.3 Å². The molecule has 2 saturated heterocycles. The molecule has 9 nitrogen and oxygen atoms in total. The highest BCUT2D eigenvalue weighted by Crippen LogP contribution is 2.64. The van der Waals surface area contributed by atoms with Crippen molar-refractivity contribution in [1.29, 1.82) is 0 Å². The van der Waals surface area contributed by atoms with E-state index in [1.165, 1.54) is 21.1 Å². The maximum Gasteiger partial charge on any atom is 0.242 e. The van der Waals surface area contributed by atoms with Crippen LogP contribution < -0.4 is 4.90 Å². The van der Waals surface area contributed by atoms with Gasteiger partial charge >= 0.3 is 0 Å². The Morgan fingerprint density at radius 2 is 1.73 bits per heavy atom. The Hall–Kier alpha value is -5.10. The van der Waals surface area contributed by atoms with Crippen molar-refractivity contribution in [2.24, 2.45) is 36.1 Å². The van der Waals surface area contributed by atoms with Crippen molar-refractivity contribution in [3.63, 3.8) is 0 Å². The Morgan fingerprint density at radius 3 is 2.51 bits per heavy atom. The summed E-state index contributed by atoms with van der Waals surface area (Å²) in [7, 11) is 1.74. The number of rotatable bonds is 5. The third-order valence-electron chi connectivity index (χ3n) is 12.7. The highest BCUT2D eigenvalue weighted by Gasteiger charge is 2.68. The number of aromatic hydroxyl groups is 1. The minimum atomic E-state index is -1.25. The quantitative estimate of drug-likeness (QED) is 0.138. The molecule has 0 unspecified atom stereocenters. The number of allylic oxidation sites excluding steroid dienone is 2. The molecule has 10 rings (SSSR count). The highest BCUT2D eigenvalue weighted by atomic mass is 35.5. The van der Waals surface area contributed by atoms with E-state index < -0.39 is 35.0 Å². The Bertz CT molecular complexity index is 2700. The molecule has 4 amide bonds. The molecule has 2 aliphatic carbocycles. The predicted molar refractivity (Wildman–Crippen MR) is 214 cm³/mol. The zero-order chi connectivity index (χ0) is 38.1. The fourth-order valence-electron chi connectivity index (χ4n) is 10.1. The molecule has 1 saturated carbocycles. The minimum absolute atomic E-state index is 0.114. The third kappa shape index (κ3) is 4.79. The van der Waals surface area contributed by atoms with Gasteiger partial charge in [-0.2, -0.15) is 5.10 Å². The maximum absolute atomic E-state index is 15.3. The lowest BCUT2D eigenvalue weighted by molar-refractivity contribution is -0.141. The smallest absolute Gasteiger partial charge is 0.242 e. The van der Waals surface area contributed by atoms with Gasteiger partial charge < -0.3 is 5.11 Å². The number of hydrogen-bond acceptors (Lipinski definition) is 8. The third-order valence-corrected chi connectivity index (χ3v) is 15.1. The Kier molecular flexibility index (Phi) is 7.63. The SMILES string of the molecule is Cc1c(-c2cc(N3C(=O)[C@@H]4C[C@@H]5C(=CC[C@@H]6C(=O)N(Cc7cccs7)C(=O)[C@@H]65)[C@H](c5ccc(O)c6ccccc56)[C@]4(C)C3=O)n(C)n2)sc2ccc(Cl)cc12. The van der Waals surface area contributed by atoms with E-state index in [4.69, 9.17) is 16.7 Å². The summed E-state index contributed by atoms with van der Waals surface area (Å²) in [4.78, 5) is 63.2. The van der Waals surface area contributed by atoms with Gasteiger partial charge in [-0.3, -0.25) is 28.8 Å². The standard InChI is InChI=1S/C43H35ClN4O5S2/c1-21-29-17-22(44)10-15-34(29)55-38(21)32-19-35(46(3)45-32)48-40(51)31-18-30-27(11-12-28-36(30)41(52)47(39(28)50)20-23-7-6-16-54-23)37(43(31,2)42(48)53)26-13-14-33(49)25-9-5-4-8-24(25)26/h4-11,13-17,19,28,30-31,36-37,49H,12,18,20H2,1-3H3/t28-,30+,31-,36-,37-,43+/m0/s1. The second-order valence-electron chi connectivity index (χ2n) is 15.4. The molecule has 2 aliphatic heterocycles. The summed E-state index contributed by atoms with van der Waals surface area (Å²) in [6.45, 7) is 4.12. The van der Waals surface area contributed by atoms with Gasteiger partial charge in [-0.25, -0.2) is 4.90 Å². The molecule has 6 aromatic rings. The number of anilines is 1. The average molecular weight is 787 g/mol. The normalized spacial score (nSPS) is 26.3. The van der Waals surface area contributed by atoms with Gasteiger partial charge in [-0.15, -0.1) is 22.7 Å². The van der Waals surface area contributed by atoms with Crippen LogP contribution in [0.3, 0.4) is 0 Å². The number of phenolic OH excluding ortho intramolecular Hbond substituents is 1. The Labute approximate surface area is 329 Å². The van der Waals surface area contributed by atoms with Crippen LogP contribution in [0.15, 0.2) is 89.8 Å². The van der Waals surface area contributed by atoms with Gasteiger partial charge in [-0.1, -0.05) is 59.6 Å². The van der Waals surface area contributed by atoms with Crippen molar-refractivity contribution in [2.75, 3.05) is 4.90 Å².